The highest BCUT2D eigenvalue weighted by molar-refractivity contribution is 7.12. The molecular formula is C16H16N2O2S. The quantitative estimate of drug-likeness (QED) is 0.677. The summed E-state index contributed by atoms with van der Waals surface area (Å²) in [5, 5.41) is 1.84. The van der Waals surface area contributed by atoms with E-state index in [-0.39, 0.29) is 5.78 Å². The number of aryl methyl sites for hydroxylation is 1. The number of benzene rings is 1. The second-order valence-electron chi connectivity index (χ2n) is 4.71. The standard InChI is InChI=1S/C16H16N2O2S/c1-3-18-13-7-5-4-6-12(13)17-16(18)9-14(19)15-8-11(20-2)10-21-15/h4-8,10H,3,9H2,1-2H3. The molecule has 2 aromatic heterocycles. The van der Waals surface area contributed by atoms with Crippen LogP contribution in [-0.4, -0.2) is 22.4 Å². The van der Waals surface area contributed by atoms with Crippen LogP contribution < -0.4 is 4.74 Å². The highest BCUT2D eigenvalue weighted by atomic mass is 32.1. The monoisotopic (exact) mass is 300 g/mol. The van der Waals surface area contributed by atoms with Crippen molar-refractivity contribution in [3.05, 3.63) is 46.4 Å². The first-order chi connectivity index (χ1) is 10.2. The Bertz CT molecular complexity index is 789. The number of methoxy groups -OCH3 is 1. The lowest BCUT2D eigenvalue weighted by atomic mass is 10.2. The van der Waals surface area contributed by atoms with E-state index in [4.69, 9.17) is 4.74 Å². The number of hydrogen-bond donors (Lipinski definition) is 0. The summed E-state index contributed by atoms with van der Waals surface area (Å²) in [5.74, 6) is 1.62. The van der Waals surface area contributed by atoms with Crippen LogP contribution in [0.25, 0.3) is 11.0 Å². The van der Waals surface area contributed by atoms with Crippen molar-refractivity contribution in [1.82, 2.24) is 9.55 Å². The van der Waals surface area contributed by atoms with Gasteiger partial charge < -0.3 is 9.30 Å². The van der Waals surface area contributed by atoms with Crippen LogP contribution in [0.15, 0.2) is 35.7 Å². The molecule has 0 fully saturated rings. The van der Waals surface area contributed by atoms with Crippen LogP contribution in [0.3, 0.4) is 0 Å². The molecule has 0 amide bonds. The molecule has 0 aliphatic carbocycles. The van der Waals surface area contributed by atoms with Gasteiger partial charge in [-0.15, -0.1) is 11.3 Å². The molecule has 5 heteroatoms. The molecule has 0 saturated carbocycles. The van der Waals surface area contributed by atoms with Gasteiger partial charge in [0, 0.05) is 18.0 Å². The summed E-state index contributed by atoms with van der Waals surface area (Å²) in [7, 11) is 1.60. The summed E-state index contributed by atoms with van der Waals surface area (Å²) in [4.78, 5) is 17.7. The fourth-order valence-electron chi connectivity index (χ4n) is 2.42. The van der Waals surface area contributed by atoms with Gasteiger partial charge in [0.2, 0.25) is 0 Å². The van der Waals surface area contributed by atoms with E-state index in [0.29, 0.717) is 11.3 Å². The second-order valence-corrected chi connectivity index (χ2v) is 5.62. The highest BCUT2D eigenvalue weighted by Gasteiger charge is 2.16. The van der Waals surface area contributed by atoms with Gasteiger partial charge in [0.15, 0.2) is 5.78 Å². The summed E-state index contributed by atoms with van der Waals surface area (Å²) >= 11 is 1.41. The molecule has 3 rings (SSSR count). The number of Topliss-reactive ketones (excluding diaryl/α,β-unsaturated/α-hetero) is 1. The lowest BCUT2D eigenvalue weighted by molar-refractivity contribution is 0.0993. The molecule has 0 N–H and O–H groups in total. The van der Waals surface area contributed by atoms with Crippen molar-refractivity contribution in [2.24, 2.45) is 0 Å². The number of nitrogens with zero attached hydrogens (tertiary/aromatic N) is 2. The number of rotatable bonds is 5. The van der Waals surface area contributed by atoms with Gasteiger partial charge in [0.05, 0.1) is 29.4 Å². The molecule has 21 heavy (non-hydrogen) atoms. The first kappa shape index (κ1) is 13.8. The molecule has 0 unspecified atom stereocenters. The van der Waals surface area contributed by atoms with Crippen LogP contribution in [0.1, 0.15) is 22.4 Å². The Morgan fingerprint density at radius 2 is 2.19 bits per heavy atom. The maximum Gasteiger partial charge on any atom is 0.180 e. The number of imidazole rings is 1. The van der Waals surface area contributed by atoms with E-state index in [1.807, 2.05) is 29.6 Å². The summed E-state index contributed by atoms with van der Waals surface area (Å²) in [6.45, 7) is 2.87. The number of ether oxygens (including phenoxy) is 1. The predicted molar refractivity (Wildman–Crippen MR) is 84.3 cm³/mol. The number of thiophene rings is 1. The minimum atomic E-state index is 0.0771. The van der Waals surface area contributed by atoms with Crippen molar-refractivity contribution in [2.75, 3.05) is 7.11 Å². The van der Waals surface area contributed by atoms with Gasteiger partial charge in [0.1, 0.15) is 11.6 Å². The average Bonchev–Trinajstić information content (AvgIpc) is 3.11. The summed E-state index contributed by atoms with van der Waals surface area (Å²) in [6, 6.07) is 9.75. The molecular weight excluding hydrogens is 284 g/mol. The van der Waals surface area contributed by atoms with Gasteiger partial charge in [-0.1, -0.05) is 12.1 Å². The SMILES string of the molecule is CCn1c(CC(=O)c2cc(OC)cs2)nc2ccccc21. The third kappa shape index (κ3) is 2.56. The number of carbonyl (C=O) groups is 1. The molecule has 1 aromatic carbocycles. The van der Waals surface area contributed by atoms with Crippen molar-refractivity contribution >= 4 is 28.2 Å². The van der Waals surface area contributed by atoms with Gasteiger partial charge in [-0.25, -0.2) is 4.98 Å². The van der Waals surface area contributed by atoms with Crippen LogP contribution in [0, 0.1) is 0 Å². The van der Waals surface area contributed by atoms with E-state index in [1.165, 1.54) is 11.3 Å². The Hall–Kier alpha value is -2.14. The van der Waals surface area contributed by atoms with E-state index in [0.717, 1.165) is 29.2 Å². The molecule has 0 saturated heterocycles. The zero-order chi connectivity index (χ0) is 14.8. The van der Waals surface area contributed by atoms with Gasteiger partial charge in [-0.2, -0.15) is 0 Å². The van der Waals surface area contributed by atoms with E-state index < -0.39 is 0 Å². The molecule has 2 heterocycles. The van der Waals surface area contributed by atoms with Crippen LogP contribution in [-0.2, 0) is 13.0 Å². The van der Waals surface area contributed by atoms with Crippen molar-refractivity contribution in [1.29, 1.82) is 0 Å². The normalized spacial score (nSPS) is 11.0. The fraction of sp³-hybridized carbons (Fsp3) is 0.250. The largest absolute Gasteiger partial charge is 0.496 e. The first-order valence-electron chi connectivity index (χ1n) is 6.82. The average molecular weight is 300 g/mol. The smallest absolute Gasteiger partial charge is 0.180 e. The van der Waals surface area contributed by atoms with Crippen LogP contribution in [0.5, 0.6) is 5.75 Å². The summed E-state index contributed by atoms with van der Waals surface area (Å²) < 4.78 is 7.22. The predicted octanol–water partition coefficient (Wildman–Crippen LogP) is 3.55. The zero-order valence-electron chi connectivity index (χ0n) is 12.0. The summed E-state index contributed by atoms with van der Waals surface area (Å²) in [6.07, 6.45) is 0.312. The second kappa shape index (κ2) is 5.69. The first-order valence-corrected chi connectivity index (χ1v) is 7.70. The Morgan fingerprint density at radius 3 is 2.90 bits per heavy atom. The van der Waals surface area contributed by atoms with E-state index >= 15 is 0 Å². The van der Waals surface area contributed by atoms with Gasteiger partial charge in [-0.3, -0.25) is 4.79 Å². The number of carbonyl (C=O) groups excluding carboxylic acids is 1. The van der Waals surface area contributed by atoms with Crippen LogP contribution >= 0.6 is 11.3 Å². The lowest BCUT2D eigenvalue weighted by Crippen LogP contribution is -2.08. The Kier molecular flexibility index (Phi) is 3.75. The third-order valence-corrected chi connectivity index (χ3v) is 4.40. The Morgan fingerprint density at radius 1 is 1.38 bits per heavy atom. The number of fused-ring (bicyclic) bond motifs is 1. The zero-order valence-corrected chi connectivity index (χ0v) is 12.8. The van der Waals surface area contributed by atoms with Crippen LogP contribution in [0.2, 0.25) is 0 Å². The maximum atomic E-state index is 12.4. The highest BCUT2D eigenvalue weighted by Crippen LogP contribution is 2.23. The topological polar surface area (TPSA) is 44.1 Å². The van der Waals surface area contributed by atoms with Crippen molar-refractivity contribution in [3.63, 3.8) is 0 Å². The van der Waals surface area contributed by atoms with Gasteiger partial charge >= 0.3 is 0 Å². The third-order valence-electron chi connectivity index (χ3n) is 3.45. The molecule has 108 valence electrons. The van der Waals surface area contributed by atoms with Crippen molar-refractivity contribution in [3.8, 4) is 5.75 Å². The summed E-state index contributed by atoms with van der Waals surface area (Å²) in [5.41, 5.74) is 2.01. The molecule has 0 spiro atoms. The molecule has 4 nitrogen and oxygen atoms in total. The van der Waals surface area contributed by atoms with Gasteiger partial charge in [0.25, 0.3) is 0 Å². The van der Waals surface area contributed by atoms with Crippen molar-refractivity contribution in [2.45, 2.75) is 19.9 Å². The number of aromatic nitrogens is 2. The van der Waals surface area contributed by atoms with E-state index in [9.17, 15) is 4.79 Å². The molecule has 0 atom stereocenters. The lowest BCUT2D eigenvalue weighted by Gasteiger charge is -2.04. The molecule has 3 aromatic rings. The molecule has 0 aliphatic heterocycles. The fourth-order valence-corrected chi connectivity index (χ4v) is 3.21. The number of para-hydroxylation sites is 2. The molecule has 0 radical (unpaired) electrons. The van der Waals surface area contributed by atoms with Crippen molar-refractivity contribution < 1.29 is 9.53 Å². The Balaban J connectivity index is 1.92. The molecule has 0 aliphatic rings. The minimum Gasteiger partial charge on any atom is -0.496 e. The van der Waals surface area contributed by atoms with E-state index in [1.54, 1.807) is 13.2 Å². The van der Waals surface area contributed by atoms with Gasteiger partial charge in [-0.05, 0) is 19.1 Å². The number of hydrogen-bond acceptors (Lipinski definition) is 4. The number of ketones is 1. The Labute approximate surface area is 127 Å². The van der Waals surface area contributed by atoms with E-state index in [2.05, 4.69) is 16.5 Å². The maximum absolute atomic E-state index is 12.4. The molecule has 0 bridgehead atoms. The minimum absolute atomic E-state index is 0.0771. The van der Waals surface area contributed by atoms with Crippen LogP contribution in [0.4, 0.5) is 0 Å².